The molecule has 1 N–H and O–H groups in total. The maximum atomic E-state index is 13.5. The molecule has 4 aromatic rings. The van der Waals surface area contributed by atoms with Crippen molar-refractivity contribution in [2.24, 2.45) is 0 Å². The van der Waals surface area contributed by atoms with Gasteiger partial charge < -0.3 is 14.8 Å². The molecule has 4 rings (SSSR count). The zero-order chi connectivity index (χ0) is 24.2. The number of hydrogen-bond acceptors (Lipinski definition) is 6. The lowest BCUT2D eigenvalue weighted by Crippen LogP contribution is -2.26. The average Bonchev–Trinajstić information content (AvgIpc) is 2.84. The zero-order valence-electron chi connectivity index (χ0n) is 18.7. The molecule has 34 heavy (non-hydrogen) atoms. The molecule has 1 atom stereocenters. The topological polar surface area (TPSA) is 82.5 Å². The highest BCUT2D eigenvalue weighted by atomic mass is 35.5. The highest BCUT2D eigenvalue weighted by Crippen LogP contribution is 2.30. The van der Waals surface area contributed by atoms with E-state index in [1.807, 2.05) is 12.1 Å². The van der Waals surface area contributed by atoms with Crippen LogP contribution in [0.1, 0.15) is 6.92 Å². The fourth-order valence-corrected chi connectivity index (χ4v) is 4.49. The van der Waals surface area contributed by atoms with Gasteiger partial charge in [0.05, 0.1) is 36.1 Å². The highest BCUT2D eigenvalue weighted by molar-refractivity contribution is 8.00. The zero-order valence-corrected chi connectivity index (χ0v) is 20.3. The summed E-state index contributed by atoms with van der Waals surface area (Å²) in [7, 11) is 3.10. The van der Waals surface area contributed by atoms with E-state index in [9.17, 15) is 9.59 Å². The van der Waals surface area contributed by atoms with Gasteiger partial charge in [-0.3, -0.25) is 14.2 Å². The van der Waals surface area contributed by atoms with Crippen LogP contribution in [0.3, 0.4) is 0 Å². The van der Waals surface area contributed by atoms with Gasteiger partial charge in [-0.1, -0.05) is 41.6 Å². The van der Waals surface area contributed by atoms with Crippen molar-refractivity contribution in [1.82, 2.24) is 9.55 Å². The molecule has 1 unspecified atom stereocenters. The SMILES string of the molecule is COc1cccc(NC(=O)C(C)Sc2nc3cc(Cl)ccc3c(=O)n2-c2ccccc2OC)c1. The van der Waals surface area contributed by atoms with Crippen LogP contribution in [0.25, 0.3) is 16.6 Å². The molecule has 1 heterocycles. The Hall–Kier alpha value is -3.49. The van der Waals surface area contributed by atoms with Crippen molar-refractivity contribution in [3.63, 3.8) is 0 Å². The van der Waals surface area contributed by atoms with Gasteiger partial charge in [-0.05, 0) is 49.4 Å². The van der Waals surface area contributed by atoms with Crippen molar-refractivity contribution in [1.29, 1.82) is 0 Å². The number of nitrogens with one attached hydrogen (secondary N) is 1. The number of amides is 1. The number of benzene rings is 3. The molecule has 0 aliphatic heterocycles. The quantitative estimate of drug-likeness (QED) is 0.281. The molecule has 9 heteroatoms. The monoisotopic (exact) mass is 495 g/mol. The third kappa shape index (κ3) is 4.88. The van der Waals surface area contributed by atoms with Crippen molar-refractivity contribution in [2.75, 3.05) is 19.5 Å². The summed E-state index contributed by atoms with van der Waals surface area (Å²) >= 11 is 7.32. The van der Waals surface area contributed by atoms with Crippen LogP contribution in [0.5, 0.6) is 11.5 Å². The van der Waals surface area contributed by atoms with Gasteiger partial charge >= 0.3 is 0 Å². The molecule has 0 saturated carbocycles. The van der Waals surface area contributed by atoms with Crippen molar-refractivity contribution in [2.45, 2.75) is 17.3 Å². The summed E-state index contributed by atoms with van der Waals surface area (Å²) in [5.74, 6) is 0.900. The summed E-state index contributed by atoms with van der Waals surface area (Å²) in [6, 6.07) is 19.2. The molecule has 0 aliphatic rings. The predicted octanol–water partition coefficient (Wildman–Crippen LogP) is 5.18. The Kier molecular flexibility index (Phi) is 7.09. The van der Waals surface area contributed by atoms with Crippen LogP contribution in [0, 0.1) is 0 Å². The van der Waals surface area contributed by atoms with Crippen LogP contribution >= 0.6 is 23.4 Å². The van der Waals surface area contributed by atoms with Crippen molar-refractivity contribution >= 4 is 45.9 Å². The second-order valence-corrected chi connectivity index (χ2v) is 9.09. The Morgan fingerprint density at radius 1 is 1.06 bits per heavy atom. The summed E-state index contributed by atoms with van der Waals surface area (Å²) in [4.78, 5) is 31.2. The molecular weight excluding hydrogens is 474 g/mol. The Morgan fingerprint density at radius 2 is 1.85 bits per heavy atom. The Morgan fingerprint density at radius 3 is 2.62 bits per heavy atom. The molecule has 0 spiro atoms. The largest absolute Gasteiger partial charge is 0.497 e. The molecule has 1 amide bonds. The Labute approximate surface area is 205 Å². The van der Waals surface area contributed by atoms with Crippen LogP contribution < -0.4 is 20.3 Å². The third-order valence-electron chi connectivity index (χ3n) is 5.12. The molecule has 0 bridgehead atoms. The number of thioether (sulfide) groups is 1. The van der Waals surface area contributed by atoms with E-state index < -0.39 is 5.25 Å². The molecule has 0 aliphatic carbocycles. The minimum absolute atomic E-state index is 0.245. The predicted molar refractivity (Wildman–Crippen MR) is 136 cm³/mol. The first-order chi connectivity index (χ1) is 16.4. The Balaban J connectivity index is 1.76. The Bertz CT molecular complexity index is 1420. The molecule has 1 aromatic heterocycles. The van der Waals surface area contributed by atoms with Crippen molar-refractivity contribution in [3.8, 4) is 17.2 Å². The van der Waals surface area contributed by atoms with Gasteiger partial charge in [0, 0.05) is 16.8 Å². The van der Waals surface area contributed by atoms with Gasteiger partial charge in [0.2, 0.25) is 5.91 Å². The number of methoxy groups -OCH3 is 2. The fourth-order valence-electron chi connectivity index (χ4n) is 3.40. The molecule has 174 valence electrons. The fraction of sp³-hybridized carbons (Fsp3) is 0.160. The summed E-state index contributed by atoms with van der Waals surface area (Å²) < 4.78 is 12.2. The van der Waals surface area contributed by atoms with E-state index in [0.717, 1.165) is 0 Å². The average molecular weight is 496 g/mol. The van der Waals surface area contributed by atoms with E-state index >= 15 is 0 Å². The lowest BCUT2D eigenvalue weighted by molar-refractivity contribution is -0.115. The van der Waals surface area contributed by atoms with Crippen LogP contribution in [0.4, 0.5) is 5.69 Å². The summed E-state index contributed by atoms with van der Waals surface area (Å²) in [5, 5.41) is 3.53. The van der Waals surface area contributed by atoms with Crippen molar-refractivity contribution in [3.05, 3.63) is 82.1 Å². The molecule has 0 fully saturated rings. The van der Waals surface area contributed by atoms with Gasteiger partial charge in [0.25, 0.3) is 5.56 Å². The van der Waals surface area contributed by atoms with Crippen LogP contribution in [0.2, 0.25) is 5.02 Å². The first kappa shape index (κ1) is 23.7. The van der Waals surface area contributed by atoms with Crippen LogP contribution in [-0.4, -0.2) is 34.9 Å². The number of rotatable bonds is 7. The van der Waals surface area contributed by atoms with Crippen LogP contribution in [-0.2, 0) is 4.79 Å². The lowest BCUT2D eigenvalue weighted by Gasteiger charge is -2.18. The number of anilines is 1. The maximum Gasteiger partial charge on any atom is 0.266 e. The number of fused-ring (bicyclic) bond motifs is 1. The smallest absolute Gasteiger partial charge is 0.266 e. The maximum absolute atomic E-state index is 13.5. The number of para-hydroxylation sites is 2. The lowest BCUT2D eigenvalue weighted by atomic mass is 10.2. The summed E-state index contributed by atoms with van der Waals surface area (Å²) in [5.41, 5.74) is 1.31. The van der Waals surface area contributed by atoms with E-state index in [1.165, 1.54) is 23.4 Å². The normalized spacial score (nSPS) is 11.8. The van der Waals surface area contributed by atoms with Crippen molar-refractivity contribution < 1.29 is 14.3 Å². The molecular formula is C25H22ClN3O4S. The number of hydrogen-bond donors (Lipinski definition) is 1. The second kappa shape index (κ2) is 10.2. The molecule has 3 aromatic carbocycles. The standard InChI is InChI=1S/C25H22ClN3O4S/c1-15(23(30)27-17-7-6-8-18(14-17)32-2)34-25-28-20-13-16(26)11-12-19(20)24(31)29(25)21-9-4-5-10-22(21)33-3/h4-15H,1-3H3,(H,27,30). The van der Waals surface area contributed by atoms with Gasteiger partial charge in [-0.15, -0.1) is 0 Å². The first-order valence-electron chi connectivity index (χ1n) is 10.4. The molecule has 0 radical (unpaired) electrons. The number of carbonyl (C=O) groups excluding carboxylic acids is 1. The minimum atomic E-state index is -0.573. The number of ether oxygens (including phenoxy) is 2. The second-order valence-electron chi connectivity index (χ2n) is 7.35. The third-order valence-corrected chi connectivity index (χ3v) is 6.40. The number of nitrogens with zero attached hydrogens (tertiary/aromatic N) is 2. The number of halogens is 1. The van der Waals surface area contributed by atoms with Gasteiger partial charge in [-0.25, -0.2) is 4.98 Å². The van der Waals surface area contributed by atoms with E-state index in [2.05, 4.69) is 5.32 Å². The van der Waals surface area contributed by atoms with Gasteiger partial charge in [-0.2, -0.15) is 0 Å². The van der Waals surface area contributed by atoms with E-state index in [1.54, 1.807) is 68.6 Å². The van der Waals surface area contributed by atoms with Gasteiger partial charge in [0.1, 0.15) is 11.5 Å². The highest BCUT2D eigenvalue weighted by Gasteiger charge is 2.22. The number of aromatic nitrogens is 2. The molecule has 0 saturated heterocycles. The summed E-state index contributed by atoms with van der Waals surface area (Å²) in [6.45, 7) is 1.75. The summed E-state index contributed by atoms with van der Waals surface area (Å²) in [6.07, 6.45) is 0. The van der Waals surface area contributed by atoms with E-state index in [-0.39, 0.29) is 11.5 Å². The van der Waals surface area contributed by atoms with E-state index in [0.29, 0.717) is 44.0 Å². The molecule has 7 nitrogen and oxygen atoms in total. The van der Waals surface area contributed by atoms with Gasteiger partial charge in [0.15, 0.2) is 5.16 Å². The van der Waals surface area contributed by atoms with Crippen LogP contribution in [0.15, 0.2) is 76.7 Å². The number of carbonyl (C=O) groups is 1. The first-order valence-corrected chi connectivity index (χ1v) is 11.6. The van der Waals surface area contributed by atoms with E-state index in [4.69, 9.17) is 26.1 Å². The minimum Gasteiger partial charge on any atom is -0.497 e.